The number of nitrogens with one attached hydrogen (secondary N) is 2. The number of carbonyl (C=O) groups excluding carboxylic acids is 1. The van der Waals surface area contributed by atoms with E-state index in [0.29, 0.717) is 0 Å². The Morgan fingerprint density at radius 3 is 2.73 bits per heavy atom. The van der Waals surface area contributed by atoms with Crippen LogP contribution in [-0.2, 0) is 10.2 Å². The number of hydrogen-bond donors (Lipinski definition) is 2. The Bertz CT molecular complexity index is 451. The first-order chi connectivity index (χ1) is 10.3. The normalized spacial score (nSPS) is 24.3. The Kier molecular flexibility index (Phi) is 6.72. The van der Waals surface area contributed by atoms with Crippen molar-refractivity contribution in [3.8, 4) is 0 Å². The Labute approximate surface area is 143 Å². The first-order valence-corrected chi connectivity index (χ1v) is 9.23. The van der Waals surface area contributed by atoms with Crippen LogP contribution in [0.5, 0.6) is 0 Å². The van der Waals surface area contributed by atoms with Gasteiger partial charge < -0.3 is 10.6 Å². The minimum absolute atomic E-state index is 0. The molecule has 0 bridgehead atoms. The van der Waals surface area contributed by atoms with Gasteiger partial charge in [-0.15, -0.1) is 23.7 Å². The molecular formula is C17H27ClN2OS. The van der Waals surface area contributed by atoms with E-state index in [-0.39, 0.29) is 29.8 Å². The van der Waals surface area contributed by atoms with Crippen LogP contribution in [0.15, 0.2) is 17.5 Å². The summed E-state index contributed by atoms with van der Waals surface area (Å²) >= 11 is 1.85. The number of halogens is 1. The van der Waals surface area contributed by atoms with E-state index in [2.05, 4.69) is 28.1 Å². The Morgan fingerprint density at radius 2 is 2.09 bits per heavy atom. The van der Waals surface area contributed by atoms with E-state index in [1.54, 1.807) is 0 Å². The third kappa shape index (κ3) is 4.03. The number of thiophene rings is 1. The van der Waals surface area contributed by atoms with Gasteiger partial charge in [-0.05, 0) is 43.7 Å². The van der Waals surface area contributed by atoms with Gasteiger partial charge in [0, 0.05) is 16.8 Å². The summed E-state index contributed by atoms with van der Waals surface area (Å²) in [6.45, 7) is 1.79. The van der Waals surface area contributed by atoms with Crippen LogP contribution in [0.3, 0.4) is 0 Å². The minimum Gasteiger partial charge on any atom is -0.354 e. The molecule has 124 valence electrons. The number of piperidine rings is 1. The van der Waals surface area contributed by atoms with Gasteiger partial charge in [-0.1, -0.05) is 31.7 Å². The first kappa shape index (κ1) is 17.8. The molecular weight excluding hydrogens is 316 g/mol. The monoisotopic (exact) mass is 342 g/mol. The zero-order valence-corrected chi connectivity index (χ0v) is 14.7. The van der Waals surface area contributed by atoms with Crippen LogP contribution in [0.1, 0.15) is 56.2 Å². The van der Waals surface area contributed by atoms with E-state index in [1.807, 2.05) is 11.3 Å². The molecule has 5 heteroatoms. The van der Waals surface area contributed by atoms with Gasteiger partial charge in [-0.25, -0.2) is 0 Å². The fourth-order valence-electron chi connectivity index (χ4n) is 3.77. The summed E-state index contributed by atoms with van der Waals surface area (Å²) in [5.41, 5.74) is 0.191. The highest BCUT2D eigenvalue weighted by atomic mass is 35.5. The molecule has 1 aromatic rings. The standard InChI is InChI=1S/C17H26N2OS.ClH/c20-16(14-7-2-5-11-18-14)19-13-17(9-3-1-4-10-17)15-8-6-12-21-15;/h6,8,12,14,18H,1-5,7,9-11,13H2,(H,19,20);1H. The Morgan fingerprint density at radius 1 is 1.27 bits per heavy atom. The van der Waals surface area contributed by atoms with Crippen molar-refractivity contribution in [1.82, 2.24) is 10.6 Å². The van der Waals surface area contributed by atoms with Gasteiger partial charge in [0.1, 0.15) is 0 Å². The van der Waals surface area contributed by atoms with Crippen LogP contribution in [0.25, 0.3) is 0 Å². The summed E-state index contributed by atoms with van der Waals surface area (Å²) in [6.07, 6.45) is 9.69. The molecule has 1 saturated heterocycles. The third-order valence-electron chi connectivity index (χ3n) is 5.08. The lowest BCUT2D eigenvalue weighted by molar-refractivity contribution is -0.124. The summed E-state index contributed by atoms with van der Waals surface area (Å²) in [5, 5.41) is 8.76. The molecule has 1 unspecified atom stereocenters. The van der Waals surface area contributed by atoms with Crippen molar-refractivity contribution < 1.29 is 4.79 Å². The second-order valence-corrected chi connectivity index (χ2v) is 7.49. The van der Waals surface area contributed by atoms with E-state index in [4.69, 9.17) is 0 Å². The van der Waals surface area contributed by atoms with Gasteiger partial charge in [0.15, 0.2) is 0 Å². The lowest BCUT2D eigenvalue weighted by atomic mass is 9.73. The van der Waals surface area contributed by atoms with Gasteiger partial charge in [-0.3, -0.25) is 4.79 Å². The Balaban J connectivity index is 0.00000176. The fourth-order valence-corrected chi connectivity index (χ4v) is 4.76. The predicted molar refractivity (Wildman–Crippen MR) is 95.0 cm³/mol. The first-order valence-electron chi connectivity index (χ1n) is 8.35. The summed E-state index contributed by atoms with van der Waals surface area (Å²) in [5.74, 6) is 0.205. The van der Waals surface area contributed by atoms with Crippen LogP contribution in [-0.4, -0.2) is 25.0 Å². The lowest BCUT2D eigenvalue weighted by Crippen LogP contribution is -2.50. The summed E-state index contributed by atoms with van der Waals surface area (Å²) in [7, 11) is 0. The van der Waals surface area contributed by atoms with Crippen LogP contribution in [0.4, 0.5) is 0 Å². The second kappa shape index (κ2) is 8.32. The topological polar surface area (TPSA) is 41.1 Å². The summed E-state index contributed by atoms with van der Waals surface area (Å²) < 4.78 is 0. The average molecular weight is 343 g/mol. The van der Waals surface area contributed by atoms with Crippen molar-refractivity contribution in [2.24, 2.45) is 0 Å². The molecule has 1 atom stereocenters. The van der Waals surface area contributed by atoms with Crippen molar-refractivity contribution in [2.75, 3.05) is 13.1 Å². The molecule has 1 aromatic heterocycles. The molecule has 2 heterocycles. The molecule has 1 aliphatic heterocycles. The van der Waals surface area contributed by atoms with Crippen molar-refractivity contribution in [1.29, 1.82) is 0 Å². The molecule has 2 fully saturated rings. The van der Waals surface area contributed by atoms with E-state index >= 15 is 0 Å². The zero-order valence-electron chi connectivity index (χ0n) is 13.1. The highest BCUT2D eigenvalue weighted by Crippen LogP contribution is 2.41. The zero-order chi connectivity index (χ0) is 14.5. The van der Waals surface area contributed by atoms with Gasteiger partial charge >= 0.3 is 0 Å². The molecule has 22 heavy (non-hydrogen) atoms. The highest BCUT2D eigenvalue weighted by Gasteiger charge is 2.35. The van der Waals surface area contributed by atoms with Crippen molar-refractivity contribution in [3.63, 3.8) is 0 Å². The number of carbonyl (C=O) groups is 1. The van der Waals surface area contributed by atoms with Crippen molar-refractivity contribution >= 4 is 29.7 Å². The molecule has 0 radical (unpaired) electrons. The maximum Gasteiger partial charge on any atom is 0.237 e. The second-order valence-electron chi connectivity index (χ2n) is 6.54. The van der Waals surface area contributed by atoms with Crippen LogP contribution >= 0.6 is 23.7 Å². The number of amides is 1. The number of rotatable bonds is 4. The van der Waals surface area contributed by atoms with Gasteiger partial charge in [0.05, 0.1) is 6.04 Å². The predicted octanol–water partition coefficient (Wildman–Crippen LogP) is 3.63. The van der Waals surface area contributed by atoms with Crippen LogP contribution < -0.4 is 10.6 Å². The van der Waals surface area contributed by atoms with E-state index in [1.165, 1.54) is 49.8 Å². The molecule has 3 nitrogen and oxygen atoms in total. The summed E-state index contributed by atoms with van der Waals surface area (Å²) in [6, 6.07) is 4.42. The third-order valence-corrected chi connectivity index (χ3v) is 6.20. The minimum atomic E-state index is 0. The van der Waals surface area contributed by atoms with Crippen LogP contribution in [0.2, 0.25) is 0 Å². The van der Waals surface area contributed by atoms with E-state index in [0.717, 1.165) is 19.5 Å². The SMILES string of the molecule is Cl.O=C(NCC1(c2cccs2)CCCCC1)C1CCCCN1. The largest absolute Gasteiger partial charge is 0.354 e. The van der Waals surface area contributed by atoms with Gasteiger partial charge in [-0.2, -0.15) is 0 Å². The van der Waals surface area contributed by atoms with Crippen molar-refractivity contribution in [2.45, 2.75) is 62.8 Å². The molecule has 0 aromatic carbocycles. The van der Waals surface area contributed by atoms with E-state index < -0.39 is 0 Å². The van der Waals surface area contributed by atoms with E-state index in [9.17, 15) is 4.79 Å². The number of hydrogen-bond acceptors (Lipinski definition) is 3. The van der Waals surface area contributed by atoms with Gasteiger partial charge in [0.2, 0.25) is 5.91 Å². The fraction of sp³-hybridized carbons (Fsp3) is 0.706. The average Bonchev–Trinajstić information content (AvgIpc) is 3.09. The highest BCUT2D eigenvalue weighted by molar-refractivity contribution is 7.10. The lowest BCUT2D eigenvalue weighted by Gasteiger charge is -2.37. The quantitative estimate of drug-likeness (QED) is 0.877. The van der Waals surface area contributed by atoms with Crippen molar-refractivity contribution in [3.05, 3.63) is 22.4 Å². The maximum atomic E-state index is 12.4. The molecule has 1 amide bonds. The van der Waals surface area contributed by atoms with Gasteiger partial charge in [0.25, 0.3) is 0 Å². The summed E-state index contributed by atoms with van der Waals surface area (Å²) in [4.78, 5) is 13.8. The maximum absolute atomic E-state index is 12.4. The molecule has 1 saturated carbocycles. The molecule has 1 aliphatic carbocycles. The molecule has 2 aliphatic rings. The Hall–Kier alpha value is -0.580. The smallest absolute Gasteiger partial charge is 0.237 e. The molecule has 3 rings (SSSR count). The molecule has 2 N–H and O–H groups in total. The van der Waals surface area contributed by atoms with Crippen LogP contribution in [0, 0.1) is 0 Å². The molecule has 0 spiro atoms.